The molecule has 0 bridgehead atoms. The summed E-state index contributed by atoms with van der Waals surface area (Å²) in [5.74, 6) is -0.338. The minimum Gasteiger partial charge on any atom is -0.351 e. The molecular formula is C13H19BrClN3O2S. The van der Waals surface area contributed by atoms with E-state index < -0.39 is 6.04 Å². The summed E-state index contributed by atoms with van der Waals surface area (Å²) in [6.07, 6.45) is 1.87. The molecule has 1 aliphatic heterocycles. The summed E-state index contributed by atoms with van der Waals surface area (Å²) in [4.78, 5) is 24.6. The molecule has 1 aromatic rings. The Hall–Kier alpha value is -0.630. The fourth-order valence-electron chi connectivity index (χ4n) is 2.06. The van der Waals surface area contributed by atoms with Crippen molar-refractivity contribution in [3.8, 4) is 0 Å². The summed E-state index contributed by atoms with van der Waals surface area (Å²) >= 11 is 4.66. The molecule has 21 heavy (non-hydrogen) atoms. The van der Waals surface area contributed by atoms with Crippen LogP contribution >= 0.6 is 39.7 Å². The molecule has 5 nitrogen and oxygen atoms in total. The van der Waals surface area contributed by atoms with Crippen LogP contribution in [-0.2, 0) is 4.79 Å². The first-order valence-corrected chi connectivity index (χ1v) is 8.24. The Kier molecular flexibility index (Phi) is 7.65. The summed E-state index contributed by atoms with van der Waals surface area (Å²) in [5, 5.41) is 8.95. The lowest BCUT2D eigenvalue weighted by Crippen LogP contribution is -2.50. The van der Waals surface area contributed by atoms with Gasteiger partial charge in [-0.15, -0.1) is 23.7 Å². The van der Waals surface area contributed by atoms with Crippen LogP contribution in [0.15, 0.2) is 15.9 Å². The van der Waals surface area contributed by atoms with Crippen LogP contribution in [0.3, 0.4) is 0 Å². The molecule has 2 rings (SSSR count). The van der Waals surface area contributed by atoms with E-state index in [1.807, 2.05) is 6.07 Å². The normalized spacial score (nSPS) is 16.7. The zero-order valence-corrected chi connectivity index (χ0v) is 14.9. The molecule has 0 aliphatic carbocycles. The molecule has 1 aliphatic rings. The molecule has 118 valence electrons. The van der Waals surface area contributed by atoms with E-state index >= 15 is 0 Å². The van der Waals surface area contributed by atoms with Crippen molar-refractivity contribution in [2.24, 2.45) is 0 Å². The van der Waals surface area contributed by atoms with Crippen molar-refractivity contribution in [1.82, 2.24) is 16.0 Å². The van der Waals surface area contributed by atoms with E-state index in [2.05, 4.69) is 31.9 Å². The van der Waals surface area contributed by atoms with E-state index in [0.717, 1.165) is 29.7 Å². The monoisotopic (exact) mass is 395 g/mol. The summed E-state index contributed by atoms with van der Waals surface area (Å²) < 4.78 is 0.898. The van der Waals surface area contributed by atoms with E-state index in [9.17, 15) is 9.59 Å². The van der Waals surface area contributed by atoms with Gasteiger partial charge in [-0.2, -0.15) is 0 Å². The van der Waals surface area contributed by atoms with Crippen molar-refractivity contribution in [3.05, 3.63) is 20.8 Å². The molecule has 1 unspecified atom stereocenters. The molecule has 8 heteroatoms. The Bertz CT molecular complexity index is 492. The largest absolute Gasteiger partial charge is 0.351 e. The summed E-state index contributed by atoms with van der Waals surface area (Å²) in [6, 6.07) is 3.23. The number of thiophene rings is 1. The maximum atomic E-state index is 12.0. The smallest absolute Gasteiger partial charge is 0.262 e. The van der Waals surface area contributed by atoms with Crippen LogP contribution in [-0.4, -0.2) is 37.0 Å². The number of carbonyl (C=O) groups is 2. The lowest BCUT2D eigenvalue weighted by molar-refractivity contribution is -0.123. The van der Waals surface area contributed by atoms with Crippen molar-refractivity contribution in [2.45, 2.75) is 31.8 Å². The Morgan fingerprint density at radius 3 is 2.62 bits per heavy atom. The Balaban J connectivity index is 0.00000220. The van der Waals surface area contributed by atoms with Gasteiger partial charge in [0.05, 0.1) is 8.66 Å². The van der Waals surface area contributed by atoms with Crippen molar-refractivity contribution >= 4 is 51.5 Å². The molecule has 0 saturated carbocycles. The second-order valence-electron chi connectivity index (χ2n) is 4.83. The van der Waals surface area contributed by atoms with Gasteiger partial charge in [-0.05, 0) is 60.9 Å². The van der Waals surface area contributed by atoms with Crippen molar-refractivity contribution in [3.63, 3.8) is 0 Å². The van der Waals surface area contributed by atoms with Crippen molar-refractivity contribution in [2.75, 3.05) is 13.1 Å². The quantitative estimate of drug-likeness (QED) is 0.728. The van der Waals surface area contributed by atoms with E-state index in [0.29, 0.717) is 4.88 Å². The zero-order valence-electron chi connectivity index (χ0n) is 11.6. The molecular weight excluding hydrogens is 378 g/mol. The van der Waals surface area contributed by atoms with Crippen LogP contribution in [0.5, 0.6) is 0 Å². The topological polar surface area (TPSA) is 70.2 Å². The van der Waals surface area contributed by atoms with Crippen LogP contribution in [0.25, 0.3) is 0 Å². The predicted molar refractivity (Wildman–Crippen MR) is 90.2 cm³/mol. The zero-order chi connectivity index (χ0) is 14.5. The second kappa shape index (κ2) is 8.73. The third-order valence-electron chi connectivity index (χ3n) is 3.22. The predicted octanol–water partition coefficient (Wildman–Crippen LogP) is 1.92. The lowest BCUT2D eigenvalue weighted by atomic mass is 10.1. The molecule has 1 atom stereocenters. The average molecular weight is 397 g/mol. The number of piperidine rings is 1. The maximum Gasteiger partial charge on any atom is 0.262 e. The van der Waals surface area contributed by atoms with Gasteiger partial charge in [-0.1, -0.05) is 0 Å². The van der Waals surface area contributed by atoms with Gasteiger partial charge in [-0.25, -0.2) is 0 Å². The number of nitrogens with one attached hydrogen (secondary N) is 3. The van der Waals surface area contributed by atoms with Gasteiger partial charge in [0.1, 0.15) is 6.04 Å². The lowest BCUT2D eigenvalue weighted by Gasteiger charge is -2.25. The van der Waals surface area contributed by atoms with Crippen LogP contribution in [0.2, 0.25) is 0 Å². The molecule has 1 saturated heterocycles. The standard InChI is InChI=1S/C13H18BrN3O2S.ClH/c1-8(12(18)17-9-4-6-15-7-5-9)16-13(19)10-2-3-11(14)20-10;/h2-3,8-9,15H,4-7H2,1H3,(H,16,19)(H,17,18);1H. The summed E-state index contributed by atoms with van der Waals surface area (Å²) in [7, 11) is 0. The highest BCUT2D eigenvalue weighted by Gasteiger charge is 2.21. The van der Waals surface area contributed by atoms with E-state index in [1.54, 1.807) is 13.0 Å². The minimum absolute atomic E-state index is 0. The second-order valence-corrected chi connectivity index (χ2v) is 7.29. The molecule has 0 spiro atoms. The Morgan fingerprint density at radius 2 is 2.05 bits per heavy atom. The third-order valence-corrected chi connectivity index (χ3v) is 4.85. The van der Waals surface area contributed by atoms with Gasteiger partial charge in [0.15, 0.2) is 0 Å². The van der Waals surface area contributed by atoms with Crippen LogP contribution in [0.1, 0.15) is 29.4 Å². The van der Waals surface area contributed by atoms with Crippen molar-refractivity contribution < 1.29 is 9.59 Å². The maximum absolute atomic E-state index is 12.0. The van der Waals surface area contributed by atoms with Crippen LogP contribution in [0, 0.1) is 0 Å². The molecule has 3 N–H and O–H groups in total. The molecule has 2 heterocycles. The molecule has 0 aromatic carbocycles. The first-order valence-electron chi connectivity index (χ1n) is 6.63. The fraction of sp³-hybridized carbons (Fsp3) is 0.538. The van der Waals surface area contributed by atoms with E-state index in [1.165, 1.54) is 11.3 Å². The number of hydrogen-bond donors (Lipinski definition) is 3. The van der Waals surface area contributed by atoms with Gasteiger partial charge in [0, 0.05) is 6.04 Å². The number of halogens is 2. The Labute approximate surface area is 142 Å². The number of rotatable bonds is 4. The highest BCUT2D eigenvalue weighted by Crippen LogP contribution is 2.21. The first kappa shape index (κ1) is 18.4. The van der Waals surface area contributed by atoms with Gasteiger partial charge >= 0.3 is 0 Å². The minimum atomic E-state index is -0.529. The van der Waals surface area contributed by atoms with Gasteiger partial charge in [0.25, 0.3) is 5.91 Å². The Morgan fingerprint density at radius 1 is 1.38 bits per heavy atom. The third kappa shape index (κ3) is 5.58. The average Bonchev–Trinajstić information content (AvgIpc) is 2.86. The summed E-state index contributed by atoms with van der Waals surface area (Å²) in [6.45, 7) is 3.56. The molecule has 0 radical (unpaired) electrons. The highest BCUT2D eigenvalue weighted by molar-refractivity contribution is 9.11. The van der Waals surface area contributed by atoms with Crippen LogP contribution in [0.4, 0.5) is 0 Å². The number of carbonyl (C=O) groups excluding carboxylic acids is 2. The molecule has 2 amide bonds. The number of hydrogen-bond acceptors (Lipinski definition) is 4. The van der Waals surface area contributed by atoms with Crippen LogP contribution < -0.4 is 16.0 Å². The molecule has 1 fully saturated rings. The van der Waals surface area contributed by atoms with E-state index in [-0.39, 0.29) is 30.3 Å². The van der Waals surface area contributed by atoms with Gasteiger partial charge < -0.3 is 16.0 Å². The van der Waals surface area contributed by atoms with Gasteiger partial charge in [-0.3, -0.25) is 9.59 Å². The highest BCUT2D eigenvalue weighted by atomic mass is 79.9. The fourth-order valence-corrected chi connectivity index (χ4v) is 3.35. The first-order chi connectivity index (χ1) is 9.56. The molecule has 1 aromatic heterocycles. The van der Waals surface area contributed by atoms with E-state index in [4.69, 9.17) is 0 Å². The summed E-state index contributed by atoms with van der Waals surface area (Å²) in [5.41, 5.74) is 0. The SMILES string of the molecule is CC(NC(=O)c1ccc(Br)s1)C(=O)NC1CCNCC1.Cl. The van der Waals surface area contributed by atoms with Crippen molar-refractivity contribution in [1.29, 1.82) is 0 Å². The van der Waals surface area contributed by atoms with Gasteiger partial charge in [0.2, 0.25) is 5.91 Å². The number of amides is 2.